The van der Waals surface area contributed by atoms with Gasteiger partial charge >= 0.3 is 41.8 Å². The summed E-state index contributed by atoms with van der Waals surface area (Å²) in [5, 5.41) is 0.291. The number of carbonyl (C=O) groups excluding carboxylic acids is 7. The Morgan fingerprint density at radius 2 is 0.718 bits per heavy atom. The van der Waals surface area contributed by atoms with E-state index in [0.717, 1.165) is 48.5 Å². The first kappa shape index (κ1) is 57.8. The van der Waals surface area contributed by atoms with Crippen LogP contribution in [0.25, 0.3) is 0 Å². The lowest BCUT2D eigenvalue weighted by molar-refractivity contribution is -0.354. The molecule has 0 aromatic heterocycles. The Morgan fingerprint density at radius 3 is 1.10 bits per heavy atom. The maximum absolute atomic E-state index is 13.0. The average molecular weight is 1150 g/mol. The summed E-state index contributed by atoms with van der Waals surface area (Å²) in [6.45, 7) is 5.87. The topological polar surface area (TPSA) is 221 Å². The van der Waals surface area contributed by atoms with Crippen LogP contribution < -0.4 is 4.74 Å². The van der Waals surface area contributed by atoms with Crippen molar-refractivity contribution in [2.45, 2.75) is 110 Å². The Kier molecular flexibility index (Phi) is 20.6. The number of hydrogen-bond donors (Lipinski definition) is 0. The normalized spacial score (nSPS) is 24.0. The van der Waals surface area contributed by atoms with Crippen LogP contribution in [0, 0.1) is 5.92 Å². The SMILES string of the molecule is CC(=O)OC[C@H]1O[C@H](O[C@H]2[C@H](OC(C)=O)[C@@H](OC(C)=O)[C@H](Oc3cc(Cl)c([C](c4c(Cl)cc(Cl)cc4Cl)c4c(Cl)cc(Cl)cc4Cl)c(Cl)c3)O[C@@H]2COC(C)=O)[C@H](OC(C)=O)[C@@H](OC(C)=O)[C@@H]1OC(C)=O. The fraction of sp³-hybridized carbons (Fsp3) is 0.422. The van der Waals surface area contributed by atoms with E-state index in [9.17, 15) is 33.6 Å². The van der Waals surface area contributed by atoms with E-state index >= 15 is 0 Å². The van der Waals surface area contributed by atoms with Crippen LogP contribution in [0.15, 0.2) is 36.4 Å². The third-order valence-corrected chi connectivity index (χ3v) is 12.1. The van der Waals surface area contributed by atoms with Crippen LogP contribution >= 0.6 is 92.8 Å². The highest BCUT2D eigenvalue weighted by Gasteiger charge is 2.58. The molecule has 18 nitrogen and oxygen atoms in total. The van der Waals surface area contributed by atoms with Gasteiger partial charge in [-0.2, -0.15) is 0 Å². The van der Waals surface area contributed by atoms with Crippen molar-refractivity contribution in [3.8, 4) is 5.75 Å². The number of benzene rings is 3. The van der Waals surface area contributed by atoms with Gasteiger partial charge in [0.25, 0.3) is 0 Å². The number of rotatable bonds is 16. The number of carbonyl (C=O) groups is 7. The van der Waals surface area contributed by atoms with Crippen LogP contribution in [0.3, 0.4) is 0 Å². The van der Waals surface area contributed by atoms with Gasteiger partial charge in [0.1, 0.15) is 37.3 Å². The molecule has 2 fully saturated rings. The molecule has 0 N–H and O–H groups in total. The van der Waals surface area contributed by atoms with Crippen molar-refractivity contribution in [1.82, 2.24) is 0 Å². The van der Waals surface area contributed by atoms with E-state index in [1.165, 1.54) is 36.4 Å². The van der Waals surface area contributed by atoms with Crippen molar-refractivity contribution >= 4 is 135 Å². The molecule has 1 radical (unpaired) electrons. The zero-order valence-electron chi connectivity index (χ0n) is 38.0. The molecule has 0 bridgehead atoms. The second-order valence-electron chi connectivity index (χ2n) is 15.4. The van der Waals surface area contributed by atoms with Crippen LogP contribution in [-0.2, 0) is 80.9 Å². The standard InChI is InChI=1S/C45H41Cl8O18/c1-16(54)61-14-32-38(63-18(3)56)40(64-19(4)57)43(67-22(7)60)45(70-32)71-39-33(15-62-17(2)55)69-44(42(66-21(6)59)41(39)65-20(5)58)68-25-12-30(52)36(31(53)13-25)37(34-26(48)8-23(46)9-27(34)49)35-28(50)10-24(47)11-29(35)51/h8-13,32-33,38-45H,14-15H2,1-7H3/t32-,33-,38-,39-,40+,41+,42-,43-,44-,45-/m1/s1. The molecule has 71 heavy (non-hydrogen) atoms. The Morgan fingerprint density at radius 1 is 0.408 bits per heavy atom. The molecule has 0 spiro atoms. The molecule has 0 saturated carbocycles. The molecule has 385 valence electrons. The maximum atomic E-state index is 13.0. The highest BCUT2D eigenvalue weighted by atomic mass is 35.5. The highest BCUT2D eigenvalue weighted by molar-refractivity contribution is 6.43. The molecule has 10 atom stereocenters. The van der Waals surface area contributed by atoms with Crippen LogP contribution in [-0.4, -0.2) is 116 Å². The van der Waals surface area contributed by atoms with E-state index < -0.39 is 116 Å². The van der Waals surface area contributed by atoms with Gasteiger partial charge < -0.3 is 52.1 Å². The molecule has 2 aliphatic rings. The van der Waals surface area contributed by atoms with Gasteiger partial charge in [0.2, 0.25) is 12.4 Å². The van der Waals surface area contributed by atoms with E-state index in [1.54, 1.807) is 0 Å². The predicted molar refractivity (Wildman–Crippen MR) is 254 cm³/mol. The van der Waals surface area contributed by atoms with Crippen molar-refractivity contribution in [1.29, 1.82) is 0 Å². The van der Waals surface area contributed by atoms with Gasteiger partial charge in [-0.05, 0) is 36.4 Å². The van der Waals surface area contributed by atoms with Crippen LogP contribution in [0.2, 0.25) is 40.2 Å². The minimum Gasteiger partial charge on any atom is -0.463 e. The summed E-state index contributed by atoms with van der Waals surface area (Å²) in [5.41, 5.74) is 0.391. The fourth-order valence-electron chi connectivity index (χ4n) is 7.50. The monoisotopic (exact) mass is 1150 g/mol. The van der Waals surface area contributed by atoms with E-state index in [0.29, 0.717) is 0 Å². The molecule has 2 heterocycles. The third kappa shape index (κ3) is 15.0. The van der Waals surface area contributed by atoms with E-state index in [-0.39, 0.29) is 68.5 Å². The summed E-state index contributed by atoms with van der Waals surface area (Å²) in [7, 11) is 0. The van der Waals surface area contributed by atoms with E-state index in [4.69, 9.17) is 145 Å². The minimum atomic E-state index is -1.92. The highest BCUT2D eigenvalue weighted by Crippen LogP contribution is 2.50. The molecule has 3 aromatic rings. The molecular weight excluding hydrogens is 1110 g/mol. The molecule has 0 amide bonds. The lowest BCUT2D eigenvalue weighted by atomic mass is 9.84. The van der Waals surface area contributed by atoms with Crippen molar-refractivity contribution in [3.05, 3.63) is 99.2 Å². The lowest BCUT2D eigenvalue weighted by Crippen LogP contribution is -2.67. The number of hydrogen-bond acceptors (Lipinski definition) is 18. The summed E-state index contributed by atoms with van der Waals surface area (Å²) < 4.78 is 63.6. The number of ether oxygens (including phenoxy) is 11. The van der Waals surface area contributed by atoms with E-state index in [1.807, 2.05) is 0 Å². The third-order valence-electron chi connectivity index (χ3n) is 9.92. The Hall–Kier alpha value is -4.05. The molecule has 2 aliphatic heterocycles. The molecule has 2 saturated heterocycles. The van der Waals surface area contributed by atoms with Gasteiger partial charge in [0.15, 0.2) is 30.7 Å². The summed E-state index contributed by atoms with van der Waals surface area (Å²) in [4.78, 5) is 87.7. The first-order valence-corrected chi connectivity index (χ1v) is 23.7. The minimum absolute atomic E-state index is 0.0443. The van der Waals surface area contributed by atoms with Gasteiger partial charge in [0, 0.05) is 95.3 Å². The molecule has 3 aromatic carbocycles. The zero-order chi connectivity index (χ0) is 52.8. The molecular formula is C45H41Cl8O18. The number of halogens is 8. The van der Waals surface area contributed by atoms with Crippen LogP contribution in [0.4, 0.5) is 0 Å². The average Bonchev–Trinajstić information content (AvgIpc) is 3.21. The van der Waals surface area contributed by atoms with Crippen molar-refractivity contribution < 1.29 is 85.7 Å². The van der Waals surface area contributed by atoms with Crippen molar-refractivity contribution in [3.63, 3.8) is 0 Å². The van der Waals surface area contributed by atoms with E-state index in [2.05, 4.69) is 0 Å². The molecule has 0 unspecified atom stereocenters. The van der Waals surface area contributed by atoms with Gasteiger partial charge in [-0.15, -0.1) is 0 Å². The van der Waals surface area contributed by atoms with Gasteiger partial charge in [-0.25, -0.2) is 0 Å². The largest absolute Gasteiger partial charge is 0.463 e. The van der Waals surface area contributed by atoms with Gasteiger partial charge in [-0.3, -0.25) is 33.6 Å². The lowest BCUT2D eigenvalue weighted by Gasteiger charge is -2.48. The first-order chi connectivity index (χ1) is 33.2. The Labute approximate surface area is 445 Å². The molecule has 0 aliphatic carbocycles. The summed E-state index contributed by atoms with van der Waals surface area (Å²) in [6, 6.07) is 8.19. The maximum Gasteiger partial charge on any atom is 0.303 e. The van der Waals surface area contributed by atoms with Crippen LogP contribution in [0.5, 0.6) is 5.75 Å². The van der Waals surface area contributed by atoms with Gasteiger partial charge in [-0.1, -0.05) is 92.8 Å². The summed E-state index contributed by atoms with van der Waals surface area (Å²) >= 11 is 53.6. The summed E-state index contributed by atoms with van der Waals surface area (Å²) in [6.07, 6.45) is -17.2. The van der Waals surface area contributed by atoms with Crippen molar-refractivity contribution in [2.24, 2.45) is 0 Å². The predicted octanol–water partition coefficient (Wildman–Crippen LogP) is 8.93. The summed E-state index contributed by atoms with van der Waals surface area (Å²) in [5.74, 6) is -6.43. The van der Waals surface area contributed by atoms with Crippen molar-refractivity contribution in [2.75, 3.05) is 13.2 Å². The Bertz CT molecular complexity index is 2420. The smallest absolute Gasteiger partial charge is 0.303 e. The second-order valence-corrected chi connectivity index (χ2v) is 18.7. The van der Waals surface area contributed by atoms with Crippen LogP contribution in [0.1, 0.15) is 65.2 Å². The van der Waals surface area contributed by atoms with Gasteiger partial charge in [0.05, 0.1) is 16.0 Å². The quantitative estimate of drug-likeness (QED) is 0.0742. The molecule has 5 rings (SSSR count). The number of esters is 7. The second kappa shape index (κ2) is 25.3. The first-order valence-electron chi connectivity index (χ1n) is 20.7. The fourth-order valence-corrected chi connectivity index (χ4v) is 10.2. The Balaban J connectivity index is 1.64. The zero-order valence-corrected chi connectivity index (χ0v) is 44.1. The molecule has 26 heteroatoms.